The first kappa shape index (κ1) is 18.6. The lowest BCUT2D eigenvalue weighted by Gasteiger charge is -2.37. The largest absolute Gasteiger partial charge is 0.368 e. The van der Waals surface area contributed by atoms with E-state index < -0.39 is 0 Å². The molecule has 136 valence electrons. The highest BCUT2D eigenvalue weighted by Crippen LogP contribution is 2.41. The molecule has 2 aliphatic rings. The quantitative estimate of drug-likeness (QED) is 0.567. The van der Waals surface area contributed by atoms with Crippen LogP contribution in [0.3, 0.4) is 0 Å². The fourth-order valence-corrected chi connectivity index (χ4v) is 5.11. The van der Waals surface area contributed by atoms with Gasteiger partial charge in [-0.05, 0) is 62.1 Å². The molecule has 2 heterocycles. The highest BCUT2D eigenvalue weighted by Gasteiger charge is 2.24. The fourth-order valence-electron chi connectivity index (χ4n) is 3.59. The monoisotopic (exact) mass is 485 g/mol. The molecule has 2 aromatic carbocycles. The predicted molar refractivity (Wildman–Crippen MR) is 121 cm³/mol. The third-order valence-corrected chi connectivity index (χ3v) is 6.43. The van der Waals surface area contributed by atoms with Crippen LogP contribution < -0.4 is 0 Å². The van der Waals surface area contributed by atoms with Crippen molar-refractivity contribution < 1.29 is 0 Å². The Morgan fingerprint density at radius 1 is 1.11 bits per heavy atom. The second-order valence-electron chi connectivity index (χ2n) is 6.77. The highest BCUT2D eigenvalue weighted by atomic mass is 127. The van der Waals surface area contributed by atoms with E-state index in [2.05, 4.69) is 81.4 Å². The molecule has 0 amide bonds. The SMILES string of the molecule is C=C(I)CN1CCN(C2=Cc3cc(C#N)ccc3Sc3ccccc32)CC1. The van der Waals surface area contributed by atoms with Crippen molar-refractivity contribution in [1.29, 1.82) is 5.26 Å². The highest BCUT2D eigenvalue weighted by molar-refractivity contribution is 14.1. The topological polar surface area (TPSA) is 30.3 Å². The minimum Gasteiger partial charge on any atom is -0.368 e. The van der Waals surface area contributed by atoms with Crippen molar-refractivity contribution in [3.8, 4) is 6.07 Å². The molecule has 5 heteroatoms. The molecular formula is C22H20IN3S. The number of hydrogen-bond donors (Lipinski definition) is 0. The number of benzene rings is 2. The number of nitriles is 1. The van der Waals surface area contributed by atoms with E-state index in [1.54, 1.807) is 11.8 Å². The summed E-state index contributed by atoms with van der Waals surface area (Å²) in [6, 6.07) is 16.9. The van der Waals surface area contributed by atoms with Gasteiger partial charge in [0.25, 0.3) is 0 Å². The van der Waals surface area contributed by atoms with Crippen LogP contribution >= 0.6 is 34.4 Å². The summed E-state index contributed by atoms with van der Waals surface area (Å²) in [6.45, 7) is 9.09. The van der Waals surface area contributed by atoms with Gasteiger partial charge in [-0.25, -0.2) is 0 Å². The van der Waals surface area contributed by atoms with Crippen LogP contribution in [0.5, 0.6) is 0 Å². The Labute approximate surface area is 178 Å². The van der Waals surface area contributed by atoms with Gasteiger partial charge in [-0.3, -0.25) is 4.90 Å². The van der Waals surface area contributed by atoms with Gasteiger partial charge < -0.3 is 4.90 Å². The summed E-state index contributed by atoms with van der Waals surface area (Å²) < 4.78 is 1.19. The van der Waals surface area contributed by atoms with Crippen molar-refractivity contribution in [2.45, 2.75) is 9.79 Å². The van der Waals surface area contributed by atoms with E-state index in [1.807, 2.05) is 12.1 Å². The Balaban J connectivity index is 1.70. The van der Waals surface area contributed by atoms with Crippen LogP contribution in [0.15, 0.2) is 62.4 Å². The van der Waals surface area contributed by atoms with Gasteiger partial charge in [-0.2, -0.15) is 5.26 Å². The maximum absolute atomic E-state index is 9.30. The van der Waals surface area contributed by atoms with E-state index in [1.165, 1.54) is 24.6 Å². The van der Waals surface area contributed by atoms with E-state index in [9.17, 15) is 5.26 Å². The van der Waals surface area contributed by atoms with Crippen molar-refractivity contribution in [2.24, 2.45) is 0 Å². The van der Waals surface area contributed by atoms with Crippen LogP contribution in [0, 0.1) is 11.3 Å². The lowest BCUT2D eigenvalue weighted by Crippen LogP contribution is -2.45. The predicted octanol–water partition coefficient (Wildman–Crippen LogP) is 5.09. The third kappa shape index (κ3) is 4.08. The fraction of sp³-hybridized carbons (Fsp3) is 0.227. The molecule has 1 fully saturated rings. The molecule has 3 nitrogen and oxygen atoms in total. The average molecular weight is 485 g/mol. The van der Waals surface area contributed by atoms with Crippen LogP contribution in [0.4, 0.5) is 0 Å². The summed E-state index contributed by atoms with van der Waals surface area (Å²) in [6.07, 6.45) is 2.27. The summed E-state index contributed by atoms with van der Waals surface area (Å²) in [5, 5.41) is 9.30. The van der Waals surface area contributed by atoms with E-state index in [4.69, 9.17) is 0 Å². The minimum atomic E-state index is 0.710. The molecule has 1 saturated heterocycles. The number of nitrogens with zero attached hydrogens (tertiary/aromatic N) is 3. The van der Waals surface area contributed by atoms with Crippen LogP contribution in [-0.2, 0) is 0 Å². The molecule has 0 radical (unpaired) electrons. The average Bonchev–Trinajstić information content (AvgIpc) is 2.84. The van der Waals surface area contributed by atoms with Crippen molar-refractivity contribution in [2.75, 3.05) is 32.7 Å². The molecular weight excluding hydrogens is 465 g/mol. The summed E-state index contributed by atoms with van der Waals surface area (Å²) in [5.41, 5.74) is 4.39. The van der Waals surface area contributed by atoms with Crippen LogP contribution in [0.1, 0.15) is 16.7 Å². The van der Waals surface area contributed by atoms with Gasteiger partial charge in [0.1, 0.15) is 0 Å². The van der Waals surface area contributed by atoms with E-state index in [0.29, 0.717) is 5.56 Å². The summed E-state index contributed by atoms with van der Waals surface area (Å²) in [7, 11) is 0. The zero-order chi connectivity index (χ0) is 18.8. The van der Waals surface area contributed by atoms with Gasteiger partial charge in [-0.1, -0.05) is 36.5 Å². The first-order chi connectivity index (χ1) is 13.1. The summed E-state index contributed by atoms with van der Waals surface area (Å²) in [4.78, 5) is 7.43. The molecule has 0 saturated carbocycles. The number of hydrogen-bond acceptors (Lipinski definition) is 4. The van der Waals surface area contributed by atoms with Gasteiger partial charge in [0.2, 0.25) is 0 Å². The molecule has 0 atom stereocenters. The second-order valence-corrected chi connectivity index (χ2v) is 9.38. The van der Waals surface area contributed by atoms with Crippen LogP contribution in [-0.4, -0.2) is 42.5 Å². The van der Waals surface area contributed by atoms with Crippen molar-refractivity contribution in [1.82, 2.24) is 9.80 Å². The molecule has 0 spiro atoms. The minimum absolute atomic E-state index is 0.710. The molecule has 0 aromatic heterocycles. The Bertz CT molecular complexity index is 952. The van der Waals surface area contributed by atoms with Crippen LogP contribution in [0.2, 0.25) is 0 Å². The standard InChI is InChI=1S/C22H20IN3S/c1-16(23)15-25-8-10-26(11-9-25)20-13-18-12-17(14-24)6-7-21(18)27-22-5-3-2-4-19(20)22/h2-7,12-13H,1,8-11,15H2. The molecule has 0 N–H and O–H groups in total. The Morgan fingerprint density at radius 3 is 2.63 bits per heavy atom. The zero-order valence-electron chi connectivity index (χ0n) is 15.0. The maximum Gasteiger partial charge on any atom is 0.0991 e. The lowest BCUT2D eigenvalue weighted by atomic mass is 10.0. The van der Waals surface area contributed by atoms with Gasteiger partial charge in [0.05, 0.1) is 11.6 Å². The number of halogens is 1. The molecule has 4 rings (SSSR count). The smallest absolute Gasteiger partial charge is 0.0991 e. The Hall–Kier alpha value is -1.75. The Kier molecular flexibility index (Phi) is 5.58. The van der Waals surface area contributed by atoms with Gasteiger partial charge in [-0.15, -0.1) is 0 Å². The van der Waals surface area contributed by atoms with Crippen molar-refractivity contribution in [3.63, 3.8) is 0 Å². The lowest BCUT2D eigenvalue weighted by molar-refractivity contribution is 0.190. The van der Waals surface area contributed by atoms with Gasteiger partial charge in [0, 0.05) is 53.8 Å². The van der Waals surface area contributed by atoms with Gasteiger partial charge >= 0.3 is 0 Å². The number of fused-ring (bicyclic) bond motifs is 2. The molecule has 2 aromatic rings. The Morgan fingerprint density at radius 2 is 1.89 bits per heavy atom. The summed E-state index contributed by atoms with van der Waals surface area (Å²) in [5.74, 6) is 0. The van der Waals surface area contributed by atoms with E-state index in [0.717, 1.165) is 38.3 Å². The second kappa shape index (κ2) is 8.09. The number of piperazine rings is 1. The molecule has 0 unspecified atom stereocenters. The number of rotatable bonds is 3. The summed E-state index contributed by atoms with van der Waals surface area (Å²) >= 11 is 4.10. The first-order valence-electron chi connectivity index (χ1n) is 8.98. The van der Waals surface area contributed by atoms with Crippen molar-refractivity contribution in [3.05, 3.63) is 69.3 Å². The molecule has 27 heavy (non-hydrogen) atoms. The van der Waals surface area contributed by atoms with Gasteiger partial charge in [0.15, 0.2) is 0 Å². The van der Waals surface area contributed by atoms with Crippen molar-refractivity contribution >= 4 is 46.1 Å². The normalized spacial score (nSPS) is 16.6. The maximum atomic E-state index is 9.30. The molecule has 2 aliphatic heterocycles. The van der Waals surface area contributed by atoms with E-state index >= 15 is 0 Å². The first-order valence-corrected chi connectivity index (χ1v) is 10.9. The third-order valence-electron chi connectivity index (χ3n) is 4.92. The van der Waals surface area contributed by atoms with E-state index in [-0.39, 0.29) is 0 Å². The molecule has 0 bridgehead atoms. The zero-order valence-corrected chi connectivity index (χ0v) is 18.0. The molecule has 0 aliphatic carbocycles. The van der Waals surface area contributed by atoms with Crippen LogP contribution in [0.25, 0.3) is 11.8 Å².